The molecule has 1 fully saturated rings. The van der Waals surface area contributed by atoms with E-state index in [9.17, 15) is 9.50 Å². The van der Waals surface area contributed by atoms with Gasteiger partial charge in [0.15, 0.2) is 0 Å². The molecular formula is C27H25FN2OS. The SMILES string of the molecule is C[C@@]12Cn3cnc(-c4ccc(F)cc4)c3C=C1CCC[C@H]2[C@@H](O)c1csc2ccccc12. The van der Waals surface area contributed by atoms with Gasteiger partial charge in [-0.2, -0.15) is 0 Å². The first-order valence-electron chi connectivity index (χ1n) is 11.2. The zero-order valence-corrected chi connectivity index (χ0v) is 18.8. The Morgan fingerprint density at radius 1 is 1.19 bits per heavy atom. The molecule has 0 amide bonds. The topological polar surface area (TPSA) is 38.0 Å². The van der Waals surface area contributed by atoms with E-state index in [4.69, 9.17) is 0 Å². The molecule has 0 spiro atoms. The van der Waals surface area contributed by atoms with Crippen LogP contribution in [0, 0.1) is 17.2 Å². The van der Waals surface area contributed by atoms with Gasteiger partial charge in [-0.15, -0.1) is 11.3 Å². The molecule has 1 aliphatic carbocycles. The van der Waals surface area contributed by atoms with Gasteiger partial charge in [-0.25, -0.2) is 9.37 Å². The number of thiophene rings is 1. The van der Waals surface area contributed by atoms with Gasteiger partial charge in [0, 0.05) is 22.2 Å². The Morgan fingerprint density at radius 2 is 2.00 bits per heavy atom. The molecule has 2 aliphatic rings. The summed E-state index contributed by atoms with van der Waals surface area (Å²) in [6.45, 7) is 3.10. The van der Waals surface area contributed by atoms with Crippen LogP contribution < -0.4 is 0 Å². The van der Waals surface area contributed by atoms with Gasteiger partial charge >= 0.3 is 0 Å². The van der Waals surface area contributed by atoms with Crippen LogP contribution in [0.25, 0.3) is 27.4 Å². The summed E-state index contributed by atoms with van der Waals surface area (Å²) in [6, 6.07) is 14.9. The number of halogens is 1. The Hall–Kier alpha value is -2.76. The van der Waals surface area contributed by atoms with Crippen molar-refractivity contribution in [1.29, 1.82) is 0 Å². The summed E-state index contributed by atoms with van der Waals surface area (Å²) in [5.41, 5.74) is 5.23. The summed E-state index contributed by atoms with van der Waals surface area (Å²) in [4.78, 5) is 4.68. The predicted octanol–water partition coefficient (Wildman–Crippen LogP) is 6.84. The molecule has 0 unspecified atom stereocenters. The van der Waals surface area contributed by atoms with E-state index < -0.39 is 6.10 Å². The fourth-order valence-corrected chi connectivity index (χ4v) is 6.77. The number of benzene rings is 2. The molecule has 2 aromatic heterocycles. The van der Waals surface area contributed by atoms with Gasteiger partial charge in [0.2, 0.25) is 0 Å². The lowest BCUT2D eigenvalue weighted by Crippen LogP contribution is -2.42. The summed E-state index contributed by atoms with van der Waals surface area (Å²) in [5.74, 6) is -0.0943. The quantitative estimate of drug-likeness (QED) is 0.376. The van der Waals surface area contributed by atoms with Crippen molar-refractivity contribution < 1.29 is 9.50 Å². The minimum atomic E-state index is -0.499. The van der Waals surface area contributed by atoms with Crippen molar-refractivity contribution >= 4 is 27.5 Å². The van der Waals surface area contributed by atoms with E-state index in [1.807, 2.05) is 6.33 Å². The van der Waals surface area contributed by atoms with E-state index in [0.29, 0.717) is 0 Å². The Balaban J connectivity index is 1.39. The largest absolute Gasteiger partial charge is 0.388 e. The lowest BCUT2D eigenvalue weighted by molar-refractivity contribution is 0.0134. The fraction of sp³-hybridized carbons (Fsp3) is 0.296. The Morgan fingerprint density at radius 3 is 2.84 bits per heavy atom. The summed E-state index contributed by atoms with van der Waals surface area (Å²) >= 11 is 1.71. The molecule has 6 rings (SSSR count). The second-order valence-corrected chi connectivity index (χ2v) is 10.2. The minimum Gasteiger partial charge on any atom is -0.388 e. The number of hydrogen-bond donors (Lipinski definition) is 1. The molecule has 3 nitrogen and oxygen atoms in total. The first-order valence-corrected chi connectivity index (χ1v) is 12.1. The first-order chi connectivity index (χ1) is 15.5. The van der Waals surface area contributed by atoms with Gasteiger partial charge in [-0.3, -0.25) is 0 Å². The third-order valence-electron chi connectivity index (χ3n) is 7.53. The maximum atomic E-state index is 13.4. The van der Waals surface area contributed by atoms with Gasteiger partial charge in [0.1, 0.15) is 5.82 Å². The monoisotopic (exact) mass is 444 g/mol. The third kappa shape index (κ3) is 2.99. The van der Waals surface area contributed by atoms with Crippen LogP contribution in [0.4, 0.5) is 4.39 Å². The second kappa shape index (κ2) is 7.39. The predicted molar refractivity (Wildman–Crippen MR) is 128 cm³/mol. The van der Waals surface area contributed by atoms with Crippen molar-refractivity contribution in [3.05, 3.63) is 82.9 Å². The zero-order chi connectivity index (χ0) is 21.9. The van der Waals surface area contributed by atoms with Gasteiger partial charge in [-0.05, 0) is 77.9 Å². The van der Waals surface area contributed by atoms with Gasteiger partial charge < -0.3 is 9.67 Å². The summed E-state index contributed by atoms with van der Waals surface area (Å²) in [5, 5.41) is 14.9. The molecule has 3 heterocycles. The second-order valence-electron chi connectivity index (χ2n) is 9.33. The van der Waals surface area contributed by atoms with Gasteiger partial charge in [-0.1, -0.05) is 30.7 Å². The van der Waals surface area contributed by atoms with Crippen LogP contribution in [-0.4, -0.2) is 14.7 Å². The lowest BCUT2D eigenvalue weighted by Gasteiger charge is -2.48. The van der Waals surface area contributed by atoms with Crippen molar-refractivity contribution in [3.63, 3.8) is 0 Å². The number of aliphatic hydroxyl groups excluding tert-OH is 1. The molecule has 162 valence electrons. The molecule has 2 aromatic carbocycles. The highest BCUT2D eigenvalue weighted by atomic mass is 32.1. The van der Waals surface area contributed by atoms with E-state index >= 15 is 0 Å². The van der Waals surface area contributed by atoms with Gasteiger partial charge in [0.05, 0.1) is 23.8 Å². The molecule has 5 heteroatoms. The highest BCUT2D eigenvalue weighted by Crippen LogP contribution is 2.54. The number of fused-ring (bicyclic) bond motifs is 3. The van der Waals surface area contributed by atoms with Crippen molar-refractivity contribution in [3.8, 4) is 11.3 Å². The van der Waals surface area contributed by atoms with E-state index in [0.717, 1.165) is 48.3 Å². The van der Waals surface area contributed by atoms with Crippen LogP contribution in [0.15, 0.2) is 65.8 Å². The van der Waals surface area contributed by atoms with Crippen molar-refractivity contribution in [2.24, 2.45) is 11.3 Å². The first kappa shape index (κ1) is 19.9. The van der Waals surface area contributed by atoms with Crippen LogP contribution in [0.5, 0.6) is 0 Å². The number of aliphatic hydroxyl groups is 1. The highest BCUT2D eigenvalue weighted by molar-refractivity contribution is 7.17. The summed E-state index contributed by atoms with van der Waals surface area (Å²) < 4.78 is 16.8. The highest BCUT2D eigenvalue weighted by Gasteiger charge is 2.46. The maximum absolute atomic E-state index is 13.4. The van der Waals surface area contributed by atoms with E-state index in [-0.39, 0.29) is 17.2 Å². The summed E-state index contributed by atoms with van der Waals surface area (Å²) in [6.07, 6.45) is 6.79. The molecular weight excluding hydrogens is 419 g/mol. The molecule has 0 bridgehead atoms. The van der Waals surface area contributed by atoms with Crippen LogP contribution in [0.1, 0.15) is 43.5 Å². The van der Waals surface area contributed by atoms with Crippen molar-refractivity contribution in [2.75, 3.05) is 0 Å². The number of aromatic nitrogens is 2. The van der Waals surface area contributed by atoms with Crippen LogP contribution in [0.3, 0.4) is 0 Å². The van der Waals surface area contributed by atoms with Crippen molar-refractivity contribution in [1.82, 2.24) is 9.55 Å². The number of hydrogen-bond acceptors (Lipinski definition) is 3. The average Bonchev–Trinajstić information content (AvgIpc) is 3.41. The molecule has 1 aliphatic heterocycles. The normalized spacial score (nSPS) is 23.5. The smallest absolute Gasteiger partial charge is 0.123 e. The number of nitrogens with zero attached hydrogens (tertiary/aromatic N) is 2. The van der Waals surface area contributed by atoms with E-state index in [1.54, 1.807) is 23.5 Å². The molecule has 4 aromatic rings. The molecule has 32 heavy (non-hydrogen) atoms. The maximum Gasteiger partial charge on any atom is 0.123 e. The number of allylic oxidation sites excluding steroid dienone is 1. The summed E-state index contributed by atoms with van der Waals surface area (Å²) in [7, 11) is 0. The van der Waals surface area contributed by atoms with Crippen LogP contribution in [0.2, 0.25) is 0 Å². The average molecular weight is 445 g/mol. The van der Waals surface area contributed by atoms with Crippen LogP contribution in [-0.2, 0) is 6.54 Å². The Kier molecular flexibility index (Phi) is 4.60. The minimum absolute atomic E-state index is 0.130. The zero-order valence-electron chi connectivity index (χ0n) is 18.0. The van der Waals surface area contributed by atoms with Gasteiger partial charge in [0.25, 0.3) is 0 Å². The van der Waals surface area contributed by atoms with E-state index in [1.165, 1.54) is 27.8 Å². The standard InChI is InChI=1S/C27H25FN2OS/c1-27-15-30-16-29-25(17-9-11-19(28)12-10-17)23(30)13-18(27)5-4-7-22(27)26(31)21-14-32-24-8-3-2-6-20(21)24/h2-3,6,8-14,16,22,26,31H,4-5,7,15H2,1H3/t22-,26-,27+/m0/s1. The Labute approximate surface area is 190 Å². The lowest BCUT2D eigenvalue weighted by atomic mass is 9.60. The molecule has 1 saturated carbocycles. The molecule has 0 saturated heterocycles. The fourth-order valence-electron chi connectivity index (χ4n) is 5.78. The number of imidazole rings is 1. The molecule has 1 N–H and O–H groups in total. The molecule has 0 radical (unpaired) electrons. The third-order valence-corrected chi connectivity index (χ3v) is 8.51. The molecule has 3 atom stereocenters. The van der Waals surface area contributed by atoms with Crippen molar-refractivity contribution in [2.45, 2.75) is 38.8 Å². The van der Waals surface area contributed by atoms with Crippen LogP contribution >= 0.6 is 11.3 Å². The number of rotatable bonds is 3. The van der Waals surface area contributed by atoms with E-state index in [2.05, 4.69) is 52.2 Å². The Bertz CT molecular complexity index is 1340.